The molecule has 0 saturated heterocycles. The highest BCUT2D eigenvalue weighted by atomic mass is 16.6. The Bertz CT molecular complexity index is 1080. The van der Waals surface area contributed by atoms with Gasteiger partial charge in [0, 0.05) is 0 Å². The van der Waals surface area contributed by atoms with Crippen LogP contribution in [0.1, 0.15) is 35.6 Å². The van der Waals surface area contributed by atoms with E-state index in [0.717, 1.165) is 22.3 Å². The van der Waals surface area contributed by atoms with Crippen LogP contribution in [0.3, 0.4) is 0 Å². The highest BCUT2D eigenvalue weighted by Gasteiger charge is 2.39. The Hall–Kier alpha value is -3.93. The van der Waals surface area contributed by atoms with Gasteiger partial charge in [0.2, 0.25) is 6.41 Å². The van der Waals surface area contributed by atoms with Gasteiger partial charge >= 0.3 is 11.9 Å². The van der Waals surface area contributed by atoms with Crippen LogP contribution in [-0.4, -0.2) is 31.0 Å². The Morgan fingerprint density at radius 1 is 0.906 bits per heavy atom. The number of carbonyl (C=O) groups is 3. The number of hydrogen-bond acceptors (Lipinski definition) is 5. The summed E-state index contributed by atoms with van der Waals surface area (Å²) >= 11 is 0. The predicted molar refractivity (Wildman–Crippen MR) is 119 cm³/mol. The van der Waals surface area contributed by atoms with Crippen LogP contribution < -0.4 is 5.32 Å². The second-order valence-electron chi connectivity index (χ2n) is 7.39. The molecule has 0 unspecified atom stereocenters. The maximum Gasteiger partial charge on any atom is 0.332 e. The van der Waals surface area contributed by atoms with E-state index in [4.69, 9.17) is 9.47 Å². The monoisotopic (exact) mass is 429 g/mol. The number of amides is 1. The van der Waals surface area contributed by atoms with Crippen LogP contribution in [0.5, 0.6) is 0 Å². The van der Waals surface area contributed by atoms with Crippen LogP contribution in [0.25, 0.3) is 11.1 Å². The molecule has 162 valence electrons. The van der Waals surface area contributed by atoms with E-state index in [1.807, 2.05) is 54.6 Å². The molecule has 3 aromatic carbocycles. The summed E-state index contributed by atoms with van der Waals surface area (Å²) in [5.74, 6) is -1.81. The number of ether oxygens (including phenoxy) is 2. The highest BCUT2D eigenvalue weighted by molar-refractivity contribution is 5.94. The van der Waals surface area contributed by atoms with Gasteiger partial charge in [0.25, 0.3) is 0 Å². The third kappa shape index (κ3) is 3.99. The first-order chi connectivity index (χ1) is 15.7. The van der Waals surface area contributed by atoms with Crippen molar-refractivity contribution in [1.29, 1.82) is 0 Å². The number of rotatable bonds is 8. The van der Waals surface area contributed by atoms with Gasteiger partial charge in [-0.15, -0.1) is 0 Å². The van der Waals surface area contributed by atoms with Crippen LogP contribution in [-0.2, 0) is 23.9 Å². The topological polar surface area (TPSA) is 81.7 Å². The summed E-state index contributed by atoms with van der Waals surface area (Å²) in [4.78, 5) is 37.4. The van der Waals surface area contributed by atoms with Gasteiger partial charge in [-0.05, 0) is 34.7 Å². The van der Waals surface area contributed by atoms with E-state index >= 15 is 0 Å². The summed E-state index contributed by atoms with van der Waals surface area (Å²) in [6, 6.07) is 23.1. The zero-order valence-electron chi connectivity index (χ0n) is 17.6. The van der Waals surface area contributed by atoms with Gasteiger partial charge in [-0.25, -0.2) is 4.79 Å². The van der Waals surface area contributed by atoms with E-state index in [0.29, 0.717) is 12.0 Å². The van der Waals surface area contributed by atoms with Crippen molar-refractivity contribution in [3.8, 4) is 11.1 Å². The van der Waals surface area contributed by atoms with Crippen molar-refractivity contribution in [2.45, 2.75) is 25.0 Å². The van der Waals surface area contributed by atoms with Crippen LogP contribution >= 0.6 is 0 Å². The molecule has 1 aliphatic rings. The molecule has 0 fully saturated rings. The van der Waals surface area contributed by atoms with Crippen molar-refractivity contribution in [1.82, 2.24) is 5.32 Å². The summed E-state index contributed by atoms with van der Waals surface area (Å²) in [5.41, 5.74) is 4.24. The predicted octanol–water partition coefficient (Wildman–Crippen LogP) is 3.76. The number of fused-ring (bicyclic) bond motifs is 3. The molecule has 1 N–H and O–H groups in total. The Balaban J connectivity index is 1.72. The molecule has 3 aromatic rings. The average molecular weight is 429 g/mol. The number of carbonyl (C=O) groups excluding carboxylic acids is 3. The maximum atomic E-state index is 13.6. The summed E-state index contributed by atoms with van der Waals surface area (Å²) in [6.07, 6.45) is -0.640. The molecule has 0 heterocycles. The molecule has 4 rings (SSSR count). The number of nitrogens with one attached hydrogen (secondary N) is 1. The minimum Gasteiger partial charge on any atom is -0.464 e. The summed E-state index contributed by atoms with van der Waals surface area (Å²) in [7, 11) is 0. The van der Waals surface area contributed by atoms with E-state index < -0.39 is 30.0 Å². The third-order valence-electron chi connectivity index (χ3n) is 5.53. The van der Waals surface area contributed by atoms with Crippen molar-refractivity contribution in [3.05, 3.63) is 95.6 Å². The van der Waals surface area contributed by atoms with E-state index in [1.54, 1.807) is 31.2 Å². The lowest BCUT2D eigenvalue weighted by Gasteiger charge is -2.27. The average Bonchev–Trinajstić information content (AvgIpc) is 3.16. The van der Waals surface area contributed by atoms with E-state index in [9.17, 15) is 14.4 Å². The minimum absolute atomic E-state index is 0.134. The number of hydrogen-bond donors (Lipinski definition) is 1. The zero-order valence-corrected chi connectivity index (χ0v) is 17.6. The molecular formula is C26H23NO5. The minimum atomic E-state index is -1.18. The fourth-order valence-corrected chi connectivity index (χ4v) is 4.16. The normalized spacial score (nSPS) is 13.9. The smallest absolute Gasteiger partial charge is 0.332 e. The maximum absolute atomic E-state index is 13.6. The van der Waals surface area contributed by atoms with Crippen LogP contribution in [0.4, 0.5) is 0 Å². The molecule has 6 heteroatoms. The fourth-order valence-electron chi connectivity index (χ4n) is 4.16. The van der Waals surface area contributed by atoms with E-state index in [-0.39, 0.29) is 6.61 Å². The van der Waals surface area contributed by atoms with Gasteiger partial charge in [0.1, 0.15) is 5.92 Å². The SMILES string of the molecule is CCOC(=O)[C@@H](NC=O)[C@@H](OC(=O)C1c2ccccc2-c2ccccc21)c1ccccc1. The summed E-state index contributed by atoms with van der Waals surface area (Å²) in [5, 5.41) is 2.47. The molecular weight excluding hydrogens is 406 g/mol. The molecule has 0 saturated carbocycles. The van der Waals surface area contributed by atoms with Crippen LogP contribution in [0, 0.1) is 0 Å². The van der Waals surface area contributed by atoms with Gasteiger partial charge in [-0.3, -0.25) is 9.59 Å². The first kappa shape index (κ1) is 21.3. The molecule has 1 aliphatic carbocycles. The molecule has 1 amide bonds. The first-order valence-electron chi connectivity index (χ1n) is 10.5. The van der Waals surface area contributed by atoms with Gasteiger partial charge in [-0.2, -0.15) is 0 Å². The molecule has 2 atom stereocenters. The van der Waals surface area contributed by atoms with Crippen molar-refractivity contribution in [3.63, 3.8) is 0 Å². The first-order valence-corrected chi connectivity index (χ1v) is 10.5. The van der Waals surface area contributed by atoms with Crippen molar-refractivity contribution >= 4 is 18.3 Å². The van der Waals surface area contributed by atoms with E-state index in [1.165, 1.54) is 0 Å². The largest absolute Gasteiger partial charge is 0.464 e. The Labute approximate surface area is 186 Å². The van der Waals surface area contributed by atoms with Crippen molar-refractivity contribution in [2.24, 2.45) is 0 Å². The lowest BCUT2D eigenvalue weighted by molar-refractivity contribution is -0.160. The molecule has 0 spiro atoms. The van der Waals surface area contributed by atoms with E-state index in [2.05, 4.69) is 5.32 Å². The fraction of sp³-hybridized carbons (Fsp3) is 0.192. The van der Waals surface area contributed by atoms with Crippen LogP contribution in [0.2, 0.25) is 0 Å². The molecule has 0 aromatic heterocycles. The molecule has 32 heavy (non-hydrogen) atoms. The Morgan fingerprint density at radius 2 is 1.47 bits per heavy atom. The summed E-state index contributed by atoms with van der Waals surface area (Å²) < 4.78 is 11.1. The van der Waals surface area contributed by atoms with Crippen molar-refractivity contribution in [2.75, 3.05) is 6.61 Å². The lowest BCUT2D eigenvalue weighted by atomic mass is 9.96. The summed E-state index contributed by atoms with van der Waals surface area (Å²) in [6.45, 7) is 1.81. The van der Waals surface area contributed by atoms with Gasteiger partial charge in [0.15, 0.2) is 12.1 Å². The van der Waals surface area contributed by atoms with Crippen molar-refractivity contribution < 1.29 is 23.9 Å². The molecule has 0 aliphatic heterocycles. The number of esters is 2. The second-order valence-corrected chi connectivity index (χ2v) is 7.39. The second kappa shape index (κ2) is 9.47. The number of benzene rings is 3. The zero-order chi connectivity index (χ0) is 22.5. The van der Waals surface area contributed by atoms with Crippen LogP contribution in [0.15, 0.2) is 78.9 Å². The molecule has 0 radical (unpaired) electrons. The van der Waals surface area contributed by atoms with Gasteiger partial charge in [0.05, 0.1) is 6.61 Å². The van der Waals surface area contributed by atoms with Gasteiger partial charge < -0.3 is 14.8 Å². The lowest BCUT2D eigenvalue weighted by Crippen LogP contribution is -2.44. The quantitative estimate of drug-likeness (QED) is 0.436. The highest BCUT2D eigenvalue weighted by Crippen LogP contribution is 2.45. The molecule has 0 bridgehead atoms. The standard InChI is InChI=1S/C26H23NO5/c1-2-31-26(30)23(27-16-28)24(17-10-4-3-5-11-17)32-25(29)22-20-14-8-6-12-18(20)19-13-7-9-15-21(19)22/h3-16,22-24H,2H2,1H3,(H,27,28)/t23-,24-/m0/s1. The molecule has 6 nitrogen and oxygen atoms in total. The van der Waals surface area contributed by atoms with Gasteiger partial charge in [-0.1, -0.05) is 78.9 Å². The Morgan fingerprint density at radius 3 is 2.03 bits per heavy atom. The third-order valence-corrected chi connectivity index (χ3v) is 5.53. The Kier molecular flexibility index (Phi) is 6.31.